The van der Waals surface area contributed by atoms with Gasteiger partial charge in [0.25, 0.3) is 10.0 Å². The third kappa shape index (κ3) is 4.69. The summed E-state index contributed by atoms with van der Waals surface area (Å²) in [4.78, 5) is 11.3. The van der Waals surface area contributed by atoms with E-state index in [2.05, 4.69) is 17.0 Å². The number of nitrogens with one attached hydrogen (secondary N) is 1. The van der Waals surface area contributed by atoms with Crippen LogP contribution in [0.2, 0.25) is 0 Å². The molecule has 0 atom stereocenters. The third-order valence-electron chi connectivity index (χ3n) is 3.82. The van der Waals surface area contributed by atoms with E-state index in [1.165, 1.54) is 23.5 Å². The SMILES string of the molecule is CCNCC1CCN(S(=O)(=O)c2ccc(C(=O)OC)o2)CC1.Cl. The zero-order chi connectivity index (χ0) is 16.2. The molecular formula is C14H23ClN2O5S. The van der Waals surface area contributed by atoms with Crippen molar-refractivity contribution in [1.82, 2.24) is 9.62 Å². The van der Waals surface area contributed by atoms with Crippen molar-refractivity contribution in [3.8, 4) is 0 Å². The van der Waals surface area contributed by atoms with Crippen molar-refractivity contribution in [1.29, 1.82) is 0 Å². The minimum Gasteiger partial charge on any atom is -0.463 e. The van der Waals surface area contributed by atoms with Crippen LogP contribution in [0.3, 0.4) is 0 Å². The molecule has 0 saturated carbocycles. The van der Waals surface area contributed by atoms with Gasteiger partial charge in [-0.1, -0.05) is 6.92 Å². The van der Waals surface area contributed by atoms with Crippen LogP contribution in [0.25, 0.3) is 0 Å². The zero-order valence-electron chi connectivity index (χ0n) is 13.3. The van der Waals surface area contributed by atoms with Crippen LogP contribution in [0.5, 0.6) is 0 Å². The van der Waals surface area contributed by atoms with Gasteiger partial charge in [-0.3, -0.25) is 0 Å². The Balaban J connectivity index is 0.00000264. The summed E-state index contributed by atoms with van der Waals surface area (Å²) in [5.74, 6) is -0.303. The smallest absolute Gasteiger partial charge is 0.374 e. The average molecular weight is 367 g/mol. The monoisotopic (exact) mass is 366 g/mol. The van der Waals surface area contributed by atoms with Crippen LogP contribution < -0.4 is 5.32 Å². The number of hydrogen-bond donors (Lipinski definition) is 1. The maximum absolute atomic E-state index is 12.5. The lowest BCUT2D eigenvalue weighted by molar-refractivity contribution is 0.0558. The minimum absolute atomic E-state index is 0. The molecule has 1 fully saturated rings. The van der Waals surface area contributed by atoms with E-state index in [0.29, 0.717) is 19.0 Å². The molecule has 1 aliphatic rings. The number of carbonyl (C=O) groups is 1. The third-order valence-corrected chi connectivity index (χ3v) is 5.59. The Morgan fingerprint density at radius 2 is 2.04 bits per heavy atom. The highest BCUT2D eigenvalue weighted by Crippen LogP contribution is 2.25. The van der Waals surface area contributed by atoms with Crippen LogP contribution in [0.1, 0.15) is 30.3 Å². The minimum atomic E-state index is -3.69. The van der Waals surface area contributed by atoms with E-state index in [1.807, 2.05) is 0 Å². The maximum Gasteiger partial charge on any atom is 0.374 e. The predicted octanol–water partition coefficient (Wildman–Crippen LogP) is 1.50. The molecule has 0 amide bonds. The second-order valence-corrected chi connectivity index (χ2v) is 7.13. The van der Waals surface area contributed by atoms with Crippen molar-refractivity contribution in [2.24, 2.45) is 5.92 Å². The van der Waals surface area contributed by atoms with Crippen LogP contribution in [-0.4, -0.2) is 52.0 Å². The van der Waals surface area contributed by atoms with Crippen LogP contribution in [0.4, 0.5) is 0 Å². The second-order valence-electron chi connectivity index (χ2n) is 5.27. The van der Waals surface area contributed by atoms with Gasteiger partial charge >= 0.3 is 5.97 Å². The van der Waals surface area contributed by atoms with E-state index in [4.69, 9.17) is 4.42 Å². The van der Waals surface area contributed by atoms with E-state index in [9.17, 15) is 13.2 Å². The van der Waals surface area contributed by atoms with Crippen molar-refractivity contribution in [3.63, 3.8) is 0 Å². The van der Waals surface area contributed by atoms with Crippen molar-refractivity contribution in [3.05, 3.63) is 17.9 Å². The first-order valence-electron chi connectivity index (χ1n) is 7.38. The van der Waals surface area contributed by atoms with Crippen molar-refractivity contribution >= 4 is 28.4 Å². The predicted molar refractivity (Wildman–Crippen MR) is 87.3 cm³/mol. The molecule has 132 valence electrons. The van der Waals surface area contributed by atoms with Crippen molar-refractivity contribution in [2.75, 3.05) is 33.3 Å². The molecule has 1 aromatic rings. The molecule has 1 aromatic heterocycles. The number of ether oxygens (including phenoxy) is 1. The summed E-state index contributed by atoms with van der Waals surface area (Å²) in [6.45, 7) is 4.81. The molecule has 0 aliphatic carbocycles. The van der Waals surface area contributed by atoms with Crippen LogP contribution in [0, 0.1) is 5.92 Å². The Hall–Kier alpha value is -1.09. The number of piperidine rings is 1. The molecule has 2 heterocycles. The number of halogens is 1. The van der Waals surface area contributed by atoms with Gasteiger partial charge in [-0.15, -0.1) is 12.4 Å². The largest absolute Gasteiger partial charge is 0.463 e. The molecule has 9 heteroatoms. The molecule has 7 nitrogen and oxygen atoms in total. The van der Waals surface area contributed by atoms with Gasteiger partial charge in [0.2, 0.25) is 10.9 Å². The number of hydrogen-bond acceptors (Lipinski definition) is 6. The van der Waals surface area contributed by atoms with Crippen LogP contribution in [0.15, 0.2) is 21.6 Å². The van der Waals surface area contributed by atoms with E-state index in [-0.39, 0.29) is 23.3 Å². The molecule has 23 heavy (non-hydrogen) atoms. The van der Waals surface area contributed by atoms with Gasteiger partial charge in [0.05, 0.1) is 7.11 Å². The van der Waals surface area contributed by atoms with Gasteiger partial charge in [0, 0.05) is 13.1 Å². The molecule has 0 aromatic carbocycles. The lowest BCUT2D eigenvalue weighted by atomic mass is 9.98. The number of sulfonamides is 1. The lowest BCUT2D eigenvalue weighted by Gasteiger charge is -2.30. The van der Waals surface area contributed by atoms with E-state index < -0.39 is 16.0 Å². The summed E-state index contributed by atoms with van der Waals surface area (Å²) < 4.78 is 36.0. The van der Waals surface area contributed by atoms with Gasteiger partial charge in [0.1, 0.15) is 0 Å². The number of rotatable bonds is 6. The fourth-order valence-electron chi connectivity index (χ4n) is 2.50. The first-order valence-corrected chi connectivity index (χ1v) is 8.82. The molecule has 0 spiro atoms. The summed E-state index contributed by atoms with van der Waals surface area (Å²) in [5, 5.41) is 3.08. The number of furan rings is 1. The van der Waals surface area contributed by atoms with Gasteiger partial charge in [-0.25, -0.2) is 13.2 Å². The number of methoxy groups -OCH3 is 1. The van der Waals surface area contributed by atoms with E-state index in [0.717, 1.165) is 25.9 Å². The van der Waals surface area contributed by atoms with Crippen molar-refractivity contribution < 1.29 is 22.4 Å². The highest BCUT2D eigenvalue weighted by Gasteiger charge is 2.32. The molecule has 1 aliphatic heterocycles. The molecule has 2 rings (SSSR count). The highest BCUT2D eigenvalue weighted by atomic mass is 35.5. The number of nitrogens with zero attached hydrogens (tertiary/aromatic N) is 1. The van der Waals surface area contributed by atoms with Gasteiger partial charge in [-0.2, -0.15) is 4.31 Å². The molecule has 0 bridgehead atoms. The Kier molecular flexibility index (Phi) is 7.53. The zero-order valence-corrected chi connectivity index (χ0v) is 14.9. The summed E-state index contributed by atoms with van der Waals surface area (Å²) in [6, 6.07) is 2.61. The topological polar surface area (TPSA) is 88.9 Å². The quantitative estimate of drug-likeness (QED) is 0.767. The first-order chi connectivity index (χ1) is 10.5. The van der Waals surface area contributed by atoms with Gasteiger partial charge in [0.15, 0.2) is 0 Å². The Labute approximate surface area is 142 Å². The maximum atomic E-state index is 12.5. The normalized spacial score (nSPS) is 16.8. The second kappa shape index (κ2) is 8.68. The molecular weight excluding hydrogens is 344 g/mol. The Bertz CT molecular complexity index is 608. The lowest BCUT2D eigenvalue weighted by Crippen LogP contribution is -2.40. The Morgan fingerprint density at radius 1 is 1.39 bits per heavy atom. The van der Waals surface area contributed by atoms with E-state index in [1.54, 1.807) is 0 Å². The molecule has 1 N–H and O–H groups in total. The number of esters is 1. The summed E-state index contributed by atoms with van der Waals surface area (Å²) in [6.07, 6.45) is 1.63. The fraction of sp³-hybridized carbons (Fsp3) is 0.643. The molecule has 0 unspecified atom stereocenters. The summed E-state index contributed by atoms with van der Waals surface area (Å²) in [7, 11) is -2.47. The number of carbonyl (C=O) groups excluding carboxylic acids is 1. The summed E-state index contributed by atoms with van der Waals surface area (Å²) in [5.41, 5.74) is 0. The molecule has 1 saturated heterocycles. The van der Waals surface area contributed by atoms with Gasteiger partial charge in [-0.05, 0) is 44.0 Å². The van der Waals surface area contributed by atoms with Crippen LogP contribution >= 0.6 is 12.4 Å². The summed E-state index contributed by atoms with van der Waals surface area (Å²) >= 11 is 0. The highest BCUT2D eigenvalue weighted by molar-refractivity contribution is 7.89. The van der Waals surface area contributed by atoms with Gasteiger partial charge < -0.3 is 14.5 Å². The standard InChI is InChI=1S/C14H22N2O5S.ClH/c1-3-15-10-11-6-8-16(9-7-11)22(18,19)13-5-4-12(21-13)14(17)20-2;/h4-5,11,15H,3,6-10H2,1-2H3;1H. The van der Waals surface area contributed by atoms with Crippen LogP contribution in [-0.2, 0) is 14.8 Å². The van der Waals surface area contributed by atoms with E-state index >= 15 is 0 Å². The fourth-order valence-corrected chi connectivity index (χ4v) is 3.88. The first kappa shape index (κ1) is 20.0. The van der Waals surface area contributed by atoms with Crippen molar-refractivity contribution in [2.45, 2.75) is 24.9 Å². The Morgan fingerprint density at radius 3 is 2.61 bits per heavy atom. The molecule has 0 radical (unpaired) electrons. The average Bonchev–Trinajstić information content (AvgIpc) is 3.03.